The van der Waals surface area contributed by atoms with Gasteiger partial charge in [-0.05, 0) is 37.1 Å². The van der Waals surface area contributed by atoms with Gasteiger partial charge in [-0.3, -0.25) is 4.79 Å². The van der Waals surface area contributed by atoms with E-state index in [1.165, 1.54) is 0 Å². The molecule has 0 unspecified atom stereocenters. The number of carbonyl (C=O) groups excluding carboxylic acids is 1. The lowest BCUT2D eigenvalue weighted by Crippen LogP contribution is -1.98. The Hall–Kier alpha value is -2.69. The van der Waals surface area contributed by atoms with Crippen molar-refractivity contribution < 1.29 is 9.21 Å². The zero-order valence-electron chi connectivity index (χ0n) is 11.9. The second kappa shape index (κ2) is 5.36. The molecule has 106 valence electrons. The highest BCUT2D eigenvalue weighted by atomic mass is 16.3. The Bertz CT molecular complexity index is 786. The molecule has 0 aliphatic rings. The maximum atomic E-state index is 10.7. The van der Waals surface area contributed by atoms with Gasteiger partial charge in [0.25, 0.3) is 0 Å². The normalized spacial score (nSPS) is 10.8. The first-order valence-electron chi connectivity index (χ1n) is 6.79. The summed E-state index contributed by atoms with van der Waals surface area (Å²) < 4.78 is 7.23. The second-order valence-corrected chi connectivity index (χ2v) is 4.83. The average Bonchev–Trinajstić information content (AvgIpc) is 3.16. The summed E-state index contributed by atoms with van der Waals surface area (Å²) in [7, 11) is 0. The summed E-state index contributed by atoms with van der Waals surface area (Å²) in [4.78, 5) is 10.7. The van der Waals surface area contributed by atoms with Crippen LogP contribution >= 0.6 is 0 Å². The number of carbonyl (C=O) groups is 1. The fourth-order valence-electron chi connectivity index (χ4n) is 2.16. The van der Waals surface area contributed by atoms with Crippen LogP contribution in [0.1, 0.15) is 28.7 Å². The molecule has 0 fully saturated rings. The summed E-state index contributed by atoms with van der Waals surface area (Å²) in [6.07, 6.45) is 3.47. The molecule has 0 N–H and O–H groups in total. The van der Waals surface area contributed by atoms with E-state index in [1.807, 2.05) is 38.2 Å². The minimum atomic E-state index is 0.321. The number of aryl methyl sites for hydroxylation is 2. The smallest absolute Gasteiger partial charge is 0.185 e. The van der Waals surface area contributed by atoms with Crippen LogP contribution in [-0.2, 0) is 6.42 Å². The number of hydrogen-bond donors (Lipinski definition) is 0. The van der Waals surface area contributed by atoms with E-state index >= 15 is 0 Å². The second-order valence-electron chi connectivity index (χ2n) is 4.83. The van der Waals surface area contributed by atoms with Crippen molar-refractivity contribution in [1.82, 2.24) is 15.0 Å². The molecule has 0 amide bonds. The third-order valence-electron chi connectivity index (χ3n) is 3.39. The topological polar surface area (TPSA) is 60.9 Å². The number of aromatic nitrogens is 3. The van der Waals surface area contributed by atoms with E-state index in [2.05, 4.69) is 10.3 Å². The molecule has 0 atom stereocenters. The van der Waals surface area contributed by atoms with E-state index < -0.39 is 0 Å². The molecular weight excluding hydrogens is 266 g/mol. The zero-order chi connectivity index (χ0) is 14.8. The third-order valence-corrected chi connectivity index (χ3v) is 3.39. The van der Waals surface area contributed by atoms with Crippen molar-refractivity contribution in [2.45, 2.75) is 20.3 Å². The minimum absolute atomic E-state index is 0.321. The molecule has 0 aliphatic heterocycles. The van der Waals surface area contributed by atoms with Crippen LogP contribution in [0.5, 0.6) is 0 Å². The lowest BCUT2D eigenvalue weighted by Gasteiger charge is -2.07. The molecular formula is C16H15N3O2. The lowest BCUT2D eigenvalue weighted by atomic mass is 10.1. The number of rotatable bonds is 4. The number of furan rings is 1. The Morgan fingerprint density at radius 1 is 1.29 bits per heavy atom. The van der Waals surface area contributed by atoms with E-state index in [0.717, 1.165) is 28.9 Å². The molecule has 0 radical (unpaired) electrons. The maximum Gasteiger partial charge on any atom is 0.185 e. The summed E-state index contributed by atoms with van der Waals surface area (Å²) in [6.45, 7) is 4.06. The van der Waals surface area contributed by atoms with Gasteiger partial charge in [0.1, 0.15) is 5.76 Å². The van der Waals surface area contributed by atoms with Gasteiger partial charge in [0, 0.05) is 5.56 Å². The number of hydrogen-bond acceptors (Lipinski definition) is 4. The highest BCUT2D eigenvalue weighted by Crippen LogP contribution is 2.25. The number of nitrogens with zero attached hydrogens (tertiary/aromatic N) is 3. The molecule has 0 spiro atoms. The first kappa shape index (κ1) is 13.3. The number of aldehydes is 1. The van der Waals surface area contributed by atoms with Crippen molar-refractivity contribution >= 4 is 6.29 Å². The van der Waals surface area contributed by atoms with Crippen LogP contribution in [0.4, 0.5) is 0 Å². The van der Waals surface area contributed by atoms with Gasteiger partial charge >= 0.3 is 0 Å². The van der Waals surface area contributed by atoms with Crippen molar-refractivity contribution in [3.63, 3.8) is 0 Å². The summed E-state index contributed by atoms with van der Waals surface area (Å²) >= 11 is 0. The van der Waals surface area contributed by atoms with E-state index in [0.29, 0.717) is 17.8 Å². The van der Waals surface area contributed by atoms with E-state index in [-0.39, 0.29) is 0 Å². The van der Waals surface area contributed by atoms with Crippen LogP contribution in [0, 0.1) is 6.92 Å². The monoisotopic (exact) mass is 281 g/mol. The van der Waals surface area contributed by atoms with Crippen molar-refractivity contribution in [1.29, 1.82) is 0 Å². The highest BCUT2D eigenvalue weighted by Gasteiger charge is 2.09. The van der Waals surface area contributed by atoms with Gasteiger partial charge in [0.2, 0.25) is 0 Å². The fraction of sp³-hybridized carbons (Fsp3) is 0.188. The van der Waals surface area contributed by atoms with Gasteiger partial charge in [-0.2, -0.15) is 0 Å². The molecule has 0 saturated carbocycles. The van der Waals surface area contributed by atoms with Gasteiger partial charge in [-0.1, -0.05) is 24.3 Å². The predicted molar refractivity (Wildman–Crippen MR) is 78.6 cm³/mol. The SMILES string of the molecule is CCc1cn(-c2cc(-c3ccc(C=O)o3)ccc2C)nn1. The molecule has 0 aliphatic carbocycles. The first-order chi connectivity index (χ1) is 10.2. The quantitative estimate of drug-likeness (QED) is 0.689. The van der Waals surface area contributed by atoms with Crippen LogP contribution in [0.2, 0.25) is 0 Å². The van der Waals surface area contributed by atoms with Crippen LogP contribution in [-0.4, -0.2) is 21.3 Å². The van der Waals surface area contributed by atoms with Crippen molar-refractivity contribution in [2.24, 2.45) is 0 Å². The van der Waals surface area contributed by atoms with Crippen molar-refractivity contribution in [3.8, 4) is 17.0 Å². The molecule has 3 rings (SSSR count). The summed E-state index contributed by atoms with van der Waals surface area (Å²) in [5, 5.41) is 8.27. The van der Waals surface area contributed by atoms with E-state index in [4.69, 9.17) is 4.42 Å². The summed E-state index contributed by atoms with van der Waals surface area (Å²) in [5.74, 6) is 0.982. The van der Waals surface area contributed by atoms with Gasteiger partial charge in [-0.25, -0.2) is 4.68 Å². The standard InChI is InChI=1S/C16H15N3O2/c1-3-13-9-19(18-17-13)15-8-12(5-4-11(15)2)16-7-6-14(10-20)21-16/h4-10H,3H2,1-2H3. The minimum Gasteiger partial charge on any atom is -0.453 e. The van der Waals surface area contributed by atoms with Gasteiger partial charge < -0.3 is 4.42 Å². The molecule has 0 bridgehead atoms. The Labute approximate surface area is 122 Å². The fourth-order valence-corrected chi connectivity index (χ4v) is 2.16. The van der Waals surface area contributed by atoms with Gasteiger partial charge in [0.05, 0.1) is 17.6 Å². The largest absolute Gasteiger partial charge is 0.453 e. The van der Waals surface area contributed by atoms with Crippen molar-refractivity contribution in [3.05, 3.63) is 53.5 Å². The first-order valence-corrected chi connectivity index (χ1v) is 6.79. The van der Waals surface area contributed by atoms with Crippen LogP contribution in [0.25, 0.3) is 17.0 Å². The lowest BCUT2D eigenvalue weighted by molar-refractivity contribution is 0.110. The molecule has 0 saturated heterocycles. The molecule has 3 aromatic rings. The summed E-state index contributed by atoms with van der Waals surface area (Å²) in [6, 6.07) is 9.39. The molecule has 5 heteroatoms. The molecule has 2 heterocycles. The van der Waals surface area contributed by atoms with Gasteiger partial charge in [0.15, 0.2) is 12.0 Å². The van der Waals surface area contributed by atoms with Crippen LogP contribution in [0.3, 0.4) is 0 Å². The Morgan fingerprint density at radius 2 is 2.14 bits per heavy atom. The van der Waals surface area contributed by atoms with Crippen LogP contribution < -0.4 is 0 Å². The molecule has 5 nitrogen and oxygen atoms in total. The highest BCUT2D eigenvalue weighted by molar-refractivity contribution is 5.73. The van der Waals surface area contributed by atoms with Crippen molar-refractivity contribution in [2.75, 3.05) is 0 Å². The Morgan fingerprint density at radius 3 is 2.81 bits per heavy atom. The maximum absolute atomic E-state index is 10.7. The molecule has 1 aromatic carbocycles. The molecule has 21 heavy (non-hydrogen) atoms. The van der Waals surface area contributed by atoms with Gasteiger partial charge in [-0.15, -0.1) is 5.10 Å². The van der Waals surface area contributed by atoms with Crippen LogP contribution in [0.15, 0.2) is 40.9 Å². The Kier molecular flexibility index (Phi) is 3.39. The average molecular weight is 281 g/mol. The Balaban J connectivity index is 2.05. The summed E-state index contributed by atoms with van der Waals surface area (Å²) in [5.41, 5.74) is 3.88. The van der Waals surface area contributed by atoms with E-state index in [1.54, 1.807) is 16.8 Å². The van der Waals surface area contributed by atoms with E-state index in [9.17, 15) is 4.79 Å². The number of benzene rings is 1. The molecule has 2 aromatic heterocycles. The predicted octanol–water partition coefficient (Wildman–Crippen LogP) is 3.21. The zero-order valence-corrected chi connectivity index (χ0v) is 11.9. The third kappa shape index (κ3) is 2.50.